The van der Waals surface area contributed by atoms with Gasteiger partial charge in [-0.15, -0.1) is 11.8 Å². The molecular formula is C21H27N3O5S. The standard InChI is InChI=1S/C21H27N3O5S/c1-11-17-16(12(2)26)20(27)24(17)18(21(28)29)19(11)30-14-7-15(23(9-14)10-25)13-5-3-4-6-22-8-13/h3,5-6,8,11-12,14-17,25-26H,4,7,9-10H2,1-2H3,(H,28,29)/t11?,12?,14?,15?,16?,17-/m0/s1. The Morgan fingerprint density at radius 3 is 2.87 bits per heavy atom. The van der Waals surface area contributed by atoms with E-state index in [1.54, 1.807) is 6.92 Å². The molecule has 3 N–H and O–H groups in total. The van der Waals surface area contributed by atoms with Crippen LogP contribution >= 0.6 is 11.8 Å². The molecule has 30 heavy (non-hydrogen) atoms. The highest BCUT2D eigenvalue weighted by molar-refractivity contribution is 8.03. The monoisotopic (exact) mass is 433 g/mol. The van der Waals surface area contributed by atoms with E-state index >= 15 is 0 Å². The van der Waals surface area contributed by atoms with Crippen LogP contribution in [-0.4, -0.2) is 79.9 Å². The van der Waals surface area contributed by atoms with Crippen molar-refractivity contribution in [3.63, 3.8) is 0 Å². The molecule has 1 amide bonds. The number of carboxylic acids is 1. The first-order chi connectivity index (χ1) is 14.3. The van der Waals surface area contributed by atoms with Crippen molar-refractivity contribution in [3.05, 3.63) is 34.5 Å². The normalized spacial score (nSPS) is 34.7. The number of aliphatic imine (C=N–C) groups is 1. The van der Waals surface area contributed by atoms with E-state index < -0.39 is 18.0 Å². The van der Waals surface area contributed by atoms with Gasteiger partial charge in [0.15, 0.2) is 0 Å². The summed E-state index contributed by atoms with van der Waals surface area (Å²) in [7, 11) is 0. The number of allylic oxidation sites excluding steroid dienone is 1. The molecule has 4 aliphatic heterocycles. The topological polar surface area (TPSA) is 114 Å². The minimum Gasteiger partial charge on any atom is -0.477 e. The number of aliphatic hydroxyl groups excluding tert-OH is 2. The van der Waals surface area contributed by atoms with Crippen molar-refractivity contribution in [1.29, 1.82) is 0 Å². The van der Waals surface area contributed by atoms with Crippen molar-refractivity contribution in [1.82, 2.24) is 9.80 Å². The SMILES string of the molecule is CC(O)C1C(=O)N2C(C(=O)O)=C(SC3CC(C4=CN=CCC=C4)N(CO)C3)C(C)[C@@H]12. The van der Waals surface area contributed by atoms with Crippen LogP contribution in [0.1, 0.15) is 26.7 Å². The number of fused-ring (bicyclic) bond motifs is 1. The number of carboxylic acid groups (broad SMARTS) is 1. The Kier molecular flexibility index (Phi) is 5.89. The summed E-state index contributed by atoms with van der Waals surface area (Å²) in [4.78, 5) is 32.8. The van der Waals surface area contributed by atoms with E-state index in [1.807, 2.05) is 36.4 Å². The Bertz CT molecular complexity index is 865. The lowest BCUT2D eigenvalue weighted by Gasteiger charge is -2.46. The van der Waals surface area contributed by atoms with Crippen LogP contribution in [-0.2, 0) is 9.59 Å². The van der Waals surface area contributed by atoms with Gasteiger partial charge in [0.1, 0.15) is 5.70 Å². The van der Waals surface area contributed by atoms with Gasteiger partial charge in [0.2, 0.25) is 5.91 Å². The molecule has 0 aromatic rings. The van der Waals surface area contributed by atoms with Crippen molar-refractivity contribution in [2.24, 2.45) is 16.8 Å². The average molecular weight is 434 g/mol. The number of nitrogens with zero attached hydrogens (tertiary/aromatic N) is 3. The number of aliphatic hydroxyl groups is 2. The van der Waals surface area contributed by atoms with Gasteiger partial charge >= 0.3 is 5.97 Å². The van der Waals surface area contributed by atoms with E-state index in [0.29, 0.717) is 11.4 Å². The summed E-state index contributed by atoms with van der Waals surface area (Å²) in [5.74, 6) is -2.14. The third-order valence-corrected chi connectivity index (χ3v) is 7.91. The molecule has 0 saturated carbocycles. The molecule has 6 atom stereocenters. The Morgan fingerprint density at radius 2 is 2.20 bits per heavy atom. The van der Waals surface area contributed by atoms with Crippen molar-refractivity contribution >= 4 is 29.9 Å². The quantitative estimate of drug-likeness (QED) is 0.539. The largest absolute Gasteiger partial charge is 0.477 e. The van der Waals surface area contributed by atoms with Gasteiger partial charge in [0.25, 0.3) is 0 Å². The first-order valence-corrected chi connectivity index (χ1v) is 11.1. The lowest BCUT2D eigenvalue weighted by molar-refractivity contribution is -0.163. The van der Waals surface area contributed by atoms with Crippen LogP contribution in [0.5, 0.6) is 0 Å². The number of carbonyl (C=O) groups is 2. The van der Waals surface area contributed by atoms with Crippen LogP contribution < -0.4 is 0 Å². The Balaban J connectivity index is 1.56. The molecule has 0 aromatic carbocycles. The van der Waals surface area contributed by atoms with Crippen LogP contribution in [0.2, 0.25) is 0 Å². The second-order valence-electron chi connectivity index (χ2n) is 8.27. The highest BCUT2D eigenvalue weighted by Crippen LogP contribution is 2.52. The van der Waals surface area contributed by atoms with E-state index in [-0.39, 0.29) is 41.6 Å². The molecule has 0 spiro atoms. The van der Waals surface area contributed by atoms with Crippen LogP contribution in [0.3, 0.4) is 0 Å². The fourth-order valence-corrected chi connectivity index (χ4v) is 6.57. The number of likely N-dealkylation sites (tertiary alicyclic amines) is 1. The summed E-state index contributed by atoms with van der Waals surface area (Å²) >= 11 is 1.50. The first-order valence-electron chi connectivity index (χ1n) is 10.2. The number of rotatable bonds is 6. The second kappa shape index (κ2) is 8.30. The maximum atomic E-state index is 12.5. The fourth-order valence-electron chi connectivity index (χ4n) is 5.01. The van der Waals surface area contributed by atoms with Crippen LogP contribution in [0.15, 0.2) is 39.5 Å². The zero-order valence-electron chi connectivity index (χ0n) is 17.0. The van der Waals surface area contributed by atoms with Gasteiger partial charge < -0.3 is 20.2 Å². The molecule has 2 saturated heterocycles. The molecule has 0 aromatic heterocycles. The van der Waals surface area contributed by atoms with Crippen LogP contribution in [0.4, 0.5) is 0 Å². The molecule has 162 valence electrons. The summed E-state index contributed by atoms with van der Waals surface area (Å²) < 4.78 is 0. The highest BCUT2D eigenvalue weighted by atomic mass is 32.2. The van der Waals surface area contributed by atoms with Crippen molar-refractivity contribution < 1.29 is 24.9 Å². The first kappa shape index (κ1) is 21.3. The zero-order chi connectivity index (χ0) is 21.6. The molecule has 4 aliphatic rings. The van der Waals surface area contributed by atoms with E-state index in [2.05, 4.69) is 4.99 Å². The molecule has 4 heterocycles. The lowest BCUT2D eigenvalue weighted by Crippen LogP contribution is -2.63. The molecule has 9 heteroatoms. The van der Waals surface area contributed by atoms with Crippen LogP contribution in [0, 0.1) is 11.8 Å². The lowest BCUT2D eigenvalue weighted by atomic mass is 9.79. The predicted molar refractivity (Wildman–Crippen MR) is 114 cm³/mol. The molecule has 0 bridgehead atoms. The smallest absolute Gasteiger partial charge is 0.353 e. The van der Waals surface area contributed by atoms with Gasteiger partial charge in [-0.05, 0) is 18.9 Å². The second-order valence-corrected chi connectivity index (χ2v) is 9.62. The minimum absolute atomic E-state index is 0.00783. The predicted octanol–water partition coefficient (Wildman–Crippen LogP) is 1.18. The molecular weight excluding hydrogens is 406 g/mol. The summed E-state index contributed by atoms with van der Waals surface area (Å²) in [6, 6.07) is -0.299. The van der Waals surface area contributed by atoms with Gasteiger partial charge in [0.05, 0.1) is 24.8 Å². The van der Waals surface area contributed by atoms with Gasteiger partial charge in [-0.3, -0.25) is 14.7 Å². The van der Waals surface area contributed by atoms with E-state index in [4.69, 9.17) is 0 Å². The van der Waals surface area contributed by atoms with Gasteiger partial charge in [0, 0.05) is 47.5 Å². The molecule has 2 fully saturated rings. The van der Waals surface area contributed by atoms with Crippen molar-refractivity contribution in [2.75, 3.05) is 13.3 Å². The van der Waals surface area contributed by atoms with Gasteiger partial charge in [-0.2, -0.15) is 0 Å². The molecule has 5 unspecified atom stereocenters. The molecule has 0 radical (unpaired) electrons. The summed E-state index contributed by atoms with van der Waals surface area (Å²) in [5, 5.41) is 29.8. The highest BCUT2D eigenvalue weighted by Gasteiger charge is 2.60. The summed E-state index contributed by atoms with van der Waals surface area (Å²) in [5.41, 5.74) is 1.08. The molecule has 8 nitrogen and oxygen atoms in total. The van der Waals surface area contributed by atoms with E-state index in [1.165, 1.54) is 16.7 Å². The summed E-state index contributed by atoms with van der Waals surface area (Å²) in [6.07, 6.45) is 8.43. The zero-order valence-corrected chi connectivity index (χ0v) is 17.8. The van der Waals surface area contributed by atoms with Gasteiger partial charge in [-0.1, -0.05) is 19.1 Å². The number of thioether (sulfide) groups is 1. The number of carbonyl (C=O) groups excluding carboxylic acids is 1. The van der Waals surface area contributed by atoms with E-state index in [9.17, 15) is 24.9 Å². The summed E-state index contributed by atoms with van der Waals surface area (Å²) in [6.45, 7) is 4.03. The molecule has 0 aliphatic carbocycles. The number of amides is 1. The maximum absolute atomic E-state index is 12.5. The third kappa shape index (κ3) is 3.43. The minimum atomic E-state index is -1.11. The molecule has 4 rings (SSSR count). The Morgan fingerprint density at radius 1 is 1.43 bits per heavy atom. The number of β-lactam (4-membered cyclic amide) rings is 1. The number of hydrogen-bond acceptors (Lipinski definition) is 7. The van der Waals surface area contributed by atoms with Crippen molar-refractivity contribution in [2.45, 2.75) is 50.1 Å². The average Bonchev–Trinajstić information content (AvgIpc) is 3.05. The van der Waals surface area contributed by atoms with Gasteiger partial charge in [-0.25, -0.2) is 4.79 Å². The van der Waals surface area contributed by atoms with E-state index in [0.717, 1.165) is 18.4 Å². The third-order valence-electron chi connectivity index (χ3n) is 6.42. The fraction of sp³-hybridized carbons (Fsp3) is 0.571. The maximum Gasteiger partial charge on any atom is 0.353 e. The Labute approximate surface area is 179 Å². The number of aliphatic carboxylic acids is 1. The number of hydrogen-bond donors (Lipinski definition) is 3. The van der Waals surface area contributed by atoms with Crippen LogP contribution in [0.25, 0.3) is 0 Å². The Hall–Kier alpha value is -1.94. The van der Waals surface area contributed by atoms with Crippen molar-refractivity contribution in [3.8, 4) is 0 Å².